The Balaban J connectivity index is 1.30. The van der Waals surface area contributed by atoms with Crippen molar-refractivity contribution in [2.45, 2.75) is 6.54 Å². The highest BCUT2D eigenvalue weighted by molar-refractivity contribution is 5.92. The third kappa shape index (κ3) is 4.56. The molecule has 0 bridgehead atoms. The smallest absolute Gasteiger partial charge is 0.180 e. The Morgan fingerprint density at radius 3 is 2.49 bits per heavy atom. The first-order chi connectivity index (χ1) is 17.2. The van der Waals surface area contributed by atoms with E-state index in [1.165, 1.54) is 5.56 Å². The molecule has 35 heavy (non-hydrogen) atoms. The quantitative estimate of drug-likeness (QED) is 0.416. The molecule has 0 aliphatic carbocycles. The number of H-pyrrole nitrogens is 1. The highest BCUT2D eigenvalue weighted by Crippen LogP contribution is 2.30. The number of aromatic nitrogens is 5. The van der Waals surface area contributed by atoms with Gasteiger partial charge in [-0.05, 0) is 42.4 Å². The van der Waals surface area contributed by atoms with Crippen molar-refractivity contribution < 1.29 is 0 Å². The third-order valence-electron chi connectivity index (χ3n) is 6.61. The molecule has 5 heterocycles. The number of piperazine rings is 1. The van der Waals surface area contributed by atoms with Crippen LogP contribution in [0.1, 0.15) is 5.56 Å². The first-order valence-electron chi connectivity index (χ1n) is 11.9. The summed E-state index contributed by atoms with van der Waals surface area (Å²) in [4.78, 5) is 26.7. The maximum atomic E-state index is 4.89. The van der Waals surface area contributed by atoms with Crippen LogP contribution in [0, 0.1) is 0 Å². The summed E-state index contributed by atoms with van der Waals surface area (Å²) < 4.78 is 0. The second-order valence-electron chi connectivity index (χ2n) is 9.09. The third-order valence-corrected chi connectivity index (χ3v) is 6.61. The fourth-order valence-electron chi connectivity index (χ4n) is 4.56. The van der Waals surface area contributed by atoms with Gasteiger partial charge in [-0.1, -0.05) is 30.3 Å². The number of likely N-dealkylation sites (N-methyl/N-ethyl adjacent to an activating group) is 1. The van der Waals surface area contributed by atoms with Crippen molar-refractivity contribution >= 4 is 11.0 Å². The standard InChI is InChI=1S/C28H27N7/c1-34-12-14-35(15-13-34)19-20-5-7-21(8-6-20)22-16-23(18-29-17-22)26-24-9-11-31-27(24)33-28(32-26)25-4-2-3-10-30-25/h2-11,16-18H,12-15,19H2,1H3,(H,31,32,33). The summed E-state index contributed by atoms with van der Waals surface area (Å²) in [5.41, 5.74) is 6.87. The predicted molar refractivity (Wildman–Crippen MR) is 139 cm³/mol. The van der Waals surface area contributed by atoms with Crippen LogP contribution in [0.5, 0.6) is 0 Å². The second kappa shape index (κ2) is 9.37. The summed E-state index contributed by atoms with van der Waals surface area (Å²) in [6, 6.07) is 18.8. The largest absolute Gasteiger partial charge is 0.346 e. The van der Waals surface area contributed by atoms with Crippen molar-refractivity contribution in [3.8, 4) is 33.9 Å². The van der Waals surface area contributed by atoms with E-state index < -0.39 is 0 Å². The van der Waals surface area contributed by atoms with Gasteiger partial charge in [0, 0.05) is 74.0 Å². The van der Waals surface area contributed by atoms with Crippen LogP contribution in [0.15, 0.2) is 79.4 Å². The molecule has 1 fully saturated rings. The molecule has 1 aromatic carbocycles. The van der Waals surface area contributed by atoms with Gasteiger partial charge in [0.25, 0.3) is 0 Å². The van der Waals surface area contributed by atoms with E-state index in [0.29, 0.717) is 5.82 Å². The highest BCUT2D eigenvalue weighted by atomic mass is 15.2. The predicted octanol–water partition coefficient (Wildman–Crippen LogP) is 4.50. The molecule has 1 N–H and O–H groups in total. The van der Waals surface area contributed by atoms with E-state index >= 15 is 0 Å². The topological polar surface area (TPSA) is 73.8 Å². The minimum absolute atomic E-state index is 0.592. The zero-order chi connectivity index (χ0) is 23.6. The lowest BCUT2D eigenvalue weighted by Gasteiger charge is -2.32. The van der Waals surface area contributed by atoms with E-state index in [-0.39, 0.29) is 0 Å². The lowest BCUT2D eigenvalue weighted by atomic mass is 10.0. The summed E-state index contributed by atoms with van der Waals surface area (Å²) in [6.07, 6.45) is 7.42. The van der Waals surface area contributed by atoms with E-state index in [1.54, 1.807) is 6.20 Å². The van der Waals surface area contributed by atoms with Gasteiger partial charge in [0.15, 0.2) is 5.82 Å². The normalized spacial score (nSPS) is 15.0. The number of nitrogens with one attached hydrogen (secondary N) is 1. The average molecular weight is 462 g/mol. The molecule has 1 aliphatic rings. The Bertz CT molecular complexity index is 1440. The molecular formula is C28H27N7. The van der Waals surface area contributed by atoms with Crippen LogP contribution < -0.4 is 0 Å². The van der Waals surface area contributed by atoms with E-state index in [0.717, 1.165) is 71.8 Å². The maximum Gasteiger partial charge on any atom is 0.180 e. The number of rotatable bonds is 5. The minimum Gasteiger partial charge on any atom is -0.346 e. The van der Waals surface area contributed by atoms with Gasteiger partial charge < -0.3 is 9.88 Å². The molecule has 174 valence electrons. The summed E-state index contributed by atoms with van der Waals surface area (Å²) in [7, 11) is 2.19. The van der Waals surface area contributed by atoms with Crippen molar-refractivity contribution in [3.63, 3.8) is 0 Å². The molecule has 1 saturated heterocycles. The lowest BCUT2D eigenvalue weighted by molar-refractivity contribution is 0.148. The Morgan fingerprint density at radius 2 is 1.69 bits per heavy atom. The van der Waals surface area contributed by atoms with Gasteiger partial charge in [-0.25, -0.2) is 9.97 Å². The van der Waals surface area contributed by atoms with E-state index in [1.807, 2.05) is 42.9 Å². The maximum absolute atomic E-state index is 4.89. The Hall–Kier alpha value is -3.94. The van der Waals surface area contributed by atoms with Crippen LogP contribution in [0.25, 0.3) is 44.9 Å². The molecule has 0 spiro atoms. The van der Waals surface area contributed by atoms with E-state index in [9.17, 15) is 0 Å². The number of benzene rings is 1. The van der Waals surface area contributed by atoms with E-state index in [2.05, 4.69) is 67.1 Å². The first-order valence-corrected chi connectivity index (χ1v) is 11.9. The highest BCUT2D eigenvalue weighted by Gasteiger charge is 2.15. The molecule has 7 heteroatoms. The van der Waals surface area contributed by atoms with Gasteiger partial charge in [0.05, 0.1) is 5.69 Å². The Kier molecular flexibility index (Phi) is 5.78. The fourth-order valence-corrected chi connectivity index (χ4v) is 4.56. The number of nitrogens with zero attached hydrogens (tertiary/aromatic N) is 6. The van der Waals surface area contributed by atoms with Gasteiger partial charge in [-0.15, -0.1) is 0 Å². The number of hydrogen-bond acceptors (Lipinski definition) is 6. The van der Waals surface area contributed by atoms with Crippen molar-refractivity contribution in [1.29, 1.82) is 0 Å². The molecule has 0 atom stereocenters. The molecule has 7 nitrogen and oxygen atoms in total. The Labute approximate surface area is 204 Å². The average Bonchev–Trinajstić information content (AvgIpc) is 3.39. The van der Waals surface area contributed by atoms with Crippen LogP contribution in [0.2, 0.25) is 0 Å². The summed E-state index contributed by atoms with van der Waals surface area (Å²) in [5, 5.41) is 0.964. The van der Waals surface area contributed by atoms with Gasteiger partial charge >= 0.3 is 0 Å². The second-order valence-corrected chi connectivity index (χ2v) is 9.09. The molecule has 0 unspecified atom stereocenters. The molecular weight excluding hydrogens is 434 g/mol. The van der Waals surface area contributed by atoms with Crippen LogP contribution in [-0.4, -0.2) is 67.9 Å². The molecule has 4 aromatic heterocycles. The number of fused-ring (bicyclic) bond motifs is 1. The summed E-state index contributed by atoms with van der Waals surface area (Å²) >= 11 is 0. The Morgan fingerprint density at radius 1 is 0.857 bits per heavy atom. The van der Waals surface area contributed by atoms with Crippen LogP contribution in [-0.2, 0) is 6.54 Å². The monoisotopic (exact) mass is 461 g/mol. The first kappa shape index (κ1) is 21.6. The van der Waals surface area contributed by atoms with E-state index in [4.69, 9.17) is 4.98 Å². The van der Waals surface area contributed by atoms with Crippen LogP contribution in [0.4, 0.5) is 0 Å². The van der Waals surface area contributed by atoms with Gasteiger partial charge in [0.1, 0.15) is 11.3 Å². The van der Waals surface area contributed by atoms with Gasteiger partial charge in [-0.2, -0.15) is 0 Å². The van der Waals surface area contributed by atoms with Crippen molar-refractivity contribution in [2.24, 2.45) is 0 Å². The minimum atomic E-state index is 0.592. The number of aromatic amines is 1. The zero-order valence-corrected chi connectivity index (χ0v) is 19.7. The molecule has 5 aromatic rings. The van der Waals surface area contributed by atoms with Gasteiger partial charge in [0.2, 0.25) is 0 Å². The zero-order valence-electron chi connectivity index (χ0n) is 19.7. The molecule has 0 amide bonds. The lowest BCUT2D eigenvalue weighted by Crippen LogP contribution is -2.43. The molecule has 6 rings (SSSR count). The van der Waals surface area contributed by atoms with Crippen molar-refractivity contribution in [3.05, 3.63) is 84.9 Å². The van der Waals surface area contributed by atoms with Crippen molar-refractivity contribution in [1.82, 2.24) is 34.7 Å². The fraction of sp³-hybridized carbons (Fsp3) is 0.214. The number of hydrogen-bond donors (Lipinski definition) is 1. The summed E-state index contributed by atoms with van der Waals surface area (Å²) in [5.74, 6) is 0.592. The molecule has 1 aliphatic heterocycles. The number of pyridine rings is 2. The molecule has 0 radical (unpaired) electrons. The van der Waals surface area contributed by atoms with Crippen LogP contribution >= 0.6 is 0 Å². The summed E-state index contributed by atoms with van der Waals surface area (Å²) in [6.45, 7) is 5.51. The van der Waals surface area contributed by atoms with Gasteiger partial charge in [-0.3, -0.25) is 14.9 Å². The molecule has 0 saturated carbocycles. The SMILES string of the molecule is CN1CCN(Cc2ccc(-c3cncc(-c4nc(-c5ccccn5)nc5[nH]ccc45)c3)cc2)CC1. The van der Waals surface area contributed by atoms with Crippen molar-refractivity contribution in [2.75, 3.05) is 33.2 Å². The van der Waals surface area contributed by atoms with Crippen LogP contribution in [0.3, 0.4) is 0 Å².